The van der Waals surface area contributed by atoms with E-state index in [-0.39, 0.29) is 5.54 Å². The minimum Gasteiger partial charge on any atom is -0.317 e. The molecular formula is C20H30N4S. The molecule has 2 aliphatic rings. The number of aromatic nitrogens is 2. The van der Waals surface area contributed by atoms with Crippen LogP contribution < -0.4 is 10.6 Å². The molecule has 2 aromatic rings. The monoisotopic (exact) mass is 358 g/mol. The van der Waals surface area contributed by atoms with Gasteiger partial charge in [-0.15, -0.1) is 11.3 Å². The number of aryl methyl sites for hydroxylation is 1. The average molecular weight is 359 g/mol. The maximum absolute atomic E-state index is 4.87. The normalized spacial score (nSPS) is 28.9. The largest absolute Gasteiger partial charge is 0.317 e. The zero-order valence-electron chi connectivity index (χ0n) is 15.9. The van der Waals surface area contributed by atoms with Gasteiger partial charge in [0.1, 0.15) is 11.2 Å². The van der Waals surface area contributed by atoms with Gasteiger partial charge in [0.05, 0.1) is 11.2 Å². The summed E-state index contributed by atoms with van der Waals surface area (Å²) in [7, 11) is 4.19. The molecule has 1 saturated carbocycles. The summed E-state index contributed by atoms with van der Waals surface area (Å²) >= 11 is 1.90. The first-order valence-corrected chi connectivity index (χ1v) is 10.4. The molecule has 0 spiro atoms. The minimum absolute atomic E-state index is 0.00896. The first kappa shape index (κ1) is 17.4. The van der Waals surface area contributed by atoms with Gasteiger partial charge in [-0.3, -0.25) is 0 Å². The number of nitrogens with one attached hydrogen (secondary N) is 2. The van der Waals surface area contributed by atoms with Crippen molar-refractivity contribution in [1.82, 2.24) is 20.6 Å². The summed E-state index contributed by atoms with van der Waals surface area (Å²) in [6, 6.07) is 0.633. The third-order valence-corrected chi connectivity index (χ3v) is 7.73. The molecule has 0 aliphatic heterocycles. The van der Waals surface area contributed by atoms with E-state index < -0.39 is 0 Å². The Balaban J connectivity index is 1.83. The summed E-state index contributed by atoms with van der Waals surface area (Å²) in [5.41, 5.74) is 3.16. The van der Waals surface area contributed by atoms with E-state index in [1.165, 1.54) is 47.2 Å². The van der Waals surface area contributed by atoms with Crippen LogP contribution in [0.3, 0.4) is 0 Å². The van der Waals surface area contributed by atoms with Crippen LogP contribution in [0.5, 0.6) is 0 Å². The van der Waals surface area contributed by atoms with Crippen molar-refractivity contribution >= 4 is 21.6 Å². The summed E-state index contributed by atoms with van der Waals surface area (Å²) in [5.74, 6) is 0. The molecule has 0 amide bonds. The van der Waals surface area contributed by atoms with Crippen LogP contribution in [0.4, 0.5) is 0 Å². The quantitative estimate of drug-likeness (QED) is 0.877. The van der Waals surface area contributed by atoms with Crippen LogP contribution in [0.2, 0.25) is 0 Å². The van der Waals surface area contributed by atoms with Crippen LogP contribution >= 0.6 is 11.3 Å². The summed E-state index contributed by atoms with van der Waals surface area (Å²) in [4.78, 5) is 12.3. The molecule has 0 unspecified atom stereocenters. The molecule has 2 aromatic heterocycles. The SMILES string of the molecule is CNC1CCC(NC)(c2ncnc3sc4c(c23)CC(C)(C)CC4)CC1. The van der Waals surface area contributed by atoms with Gasteiger partial charge >= 0.3 is 0 Å². The fourth-order valence-electron chi connectivity index (χ4n) is 4.81. The molecule has 0 atom stereocenters. The fourth-order valence-corrected chi connectivity index (χ4v) is 5.97. The van der Waals surface area contributed by atoms with Gasteiger partial charge in [-0.05, 0) is 70.0 Å². The predicted molar refractivity (Wildman–Crippen MR) is 105 cm³/mol. The second-order valence-electron chi connectivity index (χ2n) is 8.64. The Morgan fingerprint density at radius 3 is 2.56 bits per heavy atom. The number of fused-ring (bicyclic) bond motifs is 3. The molecular weight excluding hydrogens is 328 g/mol. The first-order valence-electron chi connectivity index (χ1n) is 9.60. The Morgan fingerprint density at radius 1 is 1.12 bits per heavy atom. The lowest BCUT2D eigenvalue weighted by molar-refractivity contribution is 0.215. The Labute approximate surface area is 154 Å². The molecule has 0 radical (unpaired) electrons. The molecule has 4 rings (SSSR count). The topological polar surface area (TPSA) is 49.8 Å². The Hall–Kier alpha value is -1.04. The number of rotatable bonds is 3. The molecule has 0 bridgehead atoms. The van der Waals surface area contributed by atoms with E-state index >= 15 is 0 Å². The molecule has 1 fully saturated rings. The Morgan fingerprint density at radius 2 is 1.88 bits per heavy atom. The lowest BCUT2D eigenvalue weighted by atomic mass is 9.73. The van der Waals surface area contributed by atoms with E-state index in [1.807, 2.05) is 11.3 Å². The van der Waals surface area contributed by atoms with E-state index in [4.69, 9.17) is 4.98 Å². The van der Waals surface area contributed by atoms with Crippen molar-refractivity contribution in [3.05, 3.63) is 22.5 Å². The summed E-state index contributed by atoms with van der Waals surface area (Å²) in [6.45, 7) is 4.80. The zero-order valence-corrected chi connectivity index (χ0v) is 16.7. The van der Waals surface area contributed by atoms with Crippen LogP contribution in [-0.4, -0.2) is 30.1 Å². The van der Waals surface area contributed by atoms with Gasteiger partial charge in [0.2, 0.25) is 0 Å². The van der Waals surface area contributed by atoms with Crippen LogP contribution in [0.15, 0.2) is 6.33 Å². The van der Waals surface area contributed by atoms with E-state index in [1.54, 1.807) is 11.2 Å². The lowest BCUT2D eigenvalue weighted by Gasteiger charge is -2.40. The predicted octanol–water partition coefficient (Wildman–Crippen LogP) is 3.78. The molecule has 136 valence electrons. The van der Waals surface area contributed by atoms with Crippen molar-refractivity contribution in [1.29, 1.82) is 0 Å². The average Bonchev–Trinajstić information content (AvgIpc) is 2.98. The molecule has 2 N–H and O–H groups in total. The Kier molecular flexibility index (Phi) is 4.37. The van der Waals surface area contributed by atoms with Crippen molar-refractivity contribution < 1.29 is 0 Å². The van der Waals surface area contributed by atoms with E-state index in [2.05, 4.69) is 43.6 Å². The van der Waals surface area contributed by atoms with Gasteiger partial charge in [0.15, 0.2) is 0 Å². The van der Waals surface area contributed by atoms with Crippen molar-refractivity contribution in [3.63, 3.8) is 0 Å². The van der Waals surface area contributed by atoms with Crippen molar-refractivity contribution in [3.8, 4) is 0 Å². The minimum atomic E-state index is -0.00896. The number of nitrogens with zero attached hydrogens (tertiary/aromatic N) is 2. The maximum Gasteiger partial charge on any atom is 0.127 e. The number of hydrogen-bond acceptors (Lipinski definition) is 5. The highest BCUT2D eigenvalue weighted by Gasteiger charge is 2.40. The molecule has 25 heavy (non-hydrogen) atoms. The highest BCUT2D eigenvalue weighted by molar-refractivity contribution is 7.18. The van der Waals surface area contributed by atoms with E-state index in [9.17, 15) is 0 Å². The van der Waals surface area contributed by atoms with Gasteiger partial charge in [-0.1, -0.05) is 13.8 Å². The van der Waals surface area contributed by atoms with Crippen molar-refractivity contribution in [2.24, 2.45) is 5.41 Å². The van der Waals surface area contributed by atoms with E-state index in [0.717, 1.165) is 19.3 Å². The zero-order chi connectivity index (χ0) is 17.7. The van der Waals surface area contributed by atoms with Crippen LogP contribution in [0, 0.1) is 5.41 Å². The third-order valence-electron chi connectivity index (χ3n) is 6.53. The number of thiophene rings is 1. The lowest BCUT2D eigenvalue weighted by Crippen LogP contribution is -2.47. The molecule has 0 aromatic carbocycles. The van der Waals surface area contributed by atoms with Crippen LogP contribution in [0.1, 0.15) is 62.1 Å². The number of hydrogen-bond donors (Lipinski definition) is 2. The highest BCUT2D eigenvalue weighted by atomic mass is 32.1. The third kappa shape index (κ3) is 2.90. The molecule has 2 heterocycles. The Bertz CT molecular complexity index is 771. The molecule has 2 aliphatic carbocycles. The summed E-state index contributed by atoms with van der Waals surface area (Å²) in [6.07, 6.45) is 10.1. The van der Waals surface area contributed by atoms with Gasteiger partial charge in [0, 0.05) is 16.3 Å². The van der Waals surface area contributed by atoms with Gasteiger partial charge in [0.25, 0.3) is 0 Å². The highest BCUT2D eigenvalue weighted by Crippen LogP contribution is 2.46. The van der Waals surface area contributed by atoms with Gasteiger partial charge < -0.3 is 10.6 Å². The van der Waals surface area contributed by atoms with E-state index in [0.29, 0.717) is 11.5 Å². The molecule has 0 saturated heterocycles. The van der Waals surface area contributed by atoms with Crippen LogP contribution in [-0.2, 0) is 18.4 Å². The second-order valence-corrected chi connectivity index (χ2v) is 9.73. The van der Waals surface area contributed by atoms with Crippen LogP contribution in [0.25, 0.3) is 10.2 Å². The van der Waals surface area contributed by atoms with Crippen molar-refractivity contribution in [2.75, 3.05) is 14.1 Å². The smallest absolute Gasteiger partial charge is 0.127 e. The van der Waals surface area contributed by atoms with Gasteiger partial charge in [-0.25, -0.2) is 9.97 Å². The molecule has 5 heteroatoms. The summed E-state index contributed by atoms with van der Waals surface area (Å²) < 4.78 is 0. The second kappa shape index (κ2) is 6.29. The van der Waals surface area contributed by atoms with Crippen molar-refractivity contribution in [2.45, 2.75) is 70.4 Å². The first-order chi connectivity index (χ1) is 12.0. The molecule has 4 nitrogen and oxygen atoms in total. The standard InChI is InChI=1S/C20H30N4S/c1-19(2)8-7-15-14(11-19)16-17(23-12-24-18(16)25-15)20(22-4)9-5-13(21-3)6-10-20/h12-13,21-22H,5-11H2,1-4H3. The maximum atomic E-state index is 4.87. The summed E-state index contributed by atoms with van der Waals surface area (Å²) in [5, 5.41) is 8.49. The van der Waals surface area contributed by atoms with Gasteiger partial charge in [-0.2, -0.15) is 0 Å². The fraction of sp³-hybridized carbons (Fsp3) is 0.700.